The van der Waals surface area contributed by atoms with Crippen LogP contribution in [0.5, 0.6) is 0 Å². The first-order chi connectivity index (χ1) is 14.3. The molecule has 7 heteroatoms. The maximum absolute atomic E-state index is 12.5. The maximum Gasteiger partial charge on any atom is 0.264 e. The molecule has 2 aromatic carbocycles. The normalized spacial score (nSPS) is 16.5. The molecule has 1 saturated heterocycles. The van der Waals surface area contributed by atoms with Crippen molar-refractivity contribution in [3.05, 3.63) is 84.5 Å². The number of hydrogen-bond acceptors (Lipinski definition) is 3. The predicted octanol–water partition coefficient (Wildman–Crippen LogP) is 6.55. The second kappa shape index (κ2) is 8.61. The molecule has 1 fully saturated rings. The van der Waals surface area contributed by atoms with Crippen LogP contribution in [-0.4, -0.2) is 15.6 Å². The third-order valence-electron chi connectivity index (χ3n) is 4.85. The number of amidine groups is 1. The van der Waals surface area contributed by atoms with E-state index < -0.39 is 0 Å². The summed E-state index contributed by atoms with van der Waals surface area (Å²) in [5.41, 5.74) is 6.31. The van der Waals surface area contributed by atoms with Crippen molar-refractivity contribution in [3.63, 3.8) is 0 Å². The molecule has 0 bridgehead atoms. The van der Waals surface area contributed by atoms with Crippen LogP contribution in [0.2, 0.25) is 5.02 Å². The lowest BCUT2D eigenvalue weighted by atomic mass is 10.2. The molecule has 0 atom stereocenters. The molecule has 1 aliphatic heterocycles. The van der Waals surface area contributed by atoms with Crippen LogP contribution in [0.15, 0.2) is 58.4 Å². The van der Waals surface area contributed by atoms with Gasteiger partial charge in [0.05, 0.1) is 10.6 Å². The minimum absolute atomic E-state index is 0.143. The lowest BCUT2D eigenvalue weighted by Gasteiger charge is -2.11. The van der Waals surface area contributed by atoms with Crippen LogP contribution in [0.4, 0.5) is 5.69 Å². The summed E-state index contributed by atoms with van der Waals surface area (Å²) >= 11 is 9.70. The third-order valence-corrected chi connectivity index (χ3v) is 7.20. The van der Waals surface area contributed by atoms with Gasteiger partial charge in [0.15, 0.2) is 5.17 Å². The Balaban J connectivity index is 1.65. The van der Waals surface area contributed by atoms with Crippen molar-refractivity contribution in [1.29, 1.82) is 0 Å². The summed E-state index contributed by atoms with van der Waals surface area (Å²) in [5.74, 6) is -0.143. The predicted molar refractivity (Wildman–Crippen MR) is 135 cm³/mol. The highest BCUT2D eigenvalue weighted by Crippen LogP contribution is 2.31. The number of nitrogens with one attached hydrogen (secondary N) is 1. The highest BCUT2D eigenvalue weighted by molar-refractivity contribution is 14.1. The number of rotatable bonds is 3. The Morgan fingerprint density at radius 1 is 1.13 bits per heavy atom. The van der Waals surface area contributed by atoms with Gasteiger partial charge in [-0.2, -0.15) is 0 Å². The Kier molecular flexibility index (Phi) is 6.09. The first kappa shape index (κ1) is 21.2. The molecular weight excluding hydrogens is 529 g/mol. The van der Waals surface area contributed by atoms with Gasteiger partial charge < -0.3 is 9.88 Å². The lowest BCUT2D eigenvalue weighted by Crippen LogP contribution is -2.19. The number of carbonyl (C=O) groups is 1. The largest absolute Gasteiger partial charge is 0.318 e. The van der Waals surface area contributed by atoms with Crippen molar-refractivity contribution in [2.45, 2.75) is 20.8 Å². The summed E-state index contributed by atoms with van der Waals surface area (Å²) in [6.45, 7) is 6.27. The van der Waals surface area contributed by atoms with E-state index in [0.717, 1.165) is 22.6 Å². The second-order valence-corrected chi connectivity index (χ2v) is 9.69. The zero-order valence-electron chi connectivity index (χ0n) is 16.7. The summed E-state index contributed by atoms with van der Waals surface area (Å²) in [6.07, 6.45) is 1.93. The number of benzene rings is 2. The van der Waals surface area contributed by atoms with Gasteiger partial charge in [-0.05, 0) is 115 Å². The molecule has 0 saturated carbocycles. The summed E-state index contributed by atoms with van der Waals surface area (Å²) in [5, 5.41) is 4.00. The smallest absolute Gasteiger partial charge is 0.264 e. The van der Waals surface area contributed by atoms with Gasteiger partial charge in [0.1, 0.15) is 0 Å². The van der Waals surface area contributed by atoms with Crippen LogP contribution >= 0.6 is 46.0 Å². The zero-order chi connectivity index (χ0) is 21.4. The molecule has 0 radical (unpaired) electrons. The summed E-state index contributed by atoms with van der Waals surface area (Å²) < 4.78 is 3.46. The van der Waals surface area contributed by atoms with Crippen molar-refractivity contribution < 1.29 is 4.79 Å². The van der Waals surface area contributed by atoms with E-state index in [9.17, 15) is 4.79 Å². The summed E-state index contributed by atoms with van der Waals surface area (Å²) in [6, 6.07) is 15.8. The minimum atomic E-state index is -0.143. The van der Waals surface area contributed by atoms with Crippen LogP contribution < -0.4 is 5.32 Å². The molecule has 0 unspecified atom stereocenters. The van der Waals surface area contributed by atoms with Gasteiger partial charge in [-0.1, -0.05) is 17.7 Å². The fourth-order valence-corrected chi connectivity index (χ4v) is 4.74. The number of halogens is 2. The molecule has 4 rings (SSSR count). The average molecular weight is 548 g/mol. The summed E-state index contributed by atoms with van der Waals surface area (Å²) in [4.78, 5) is 17.6. The number of thioether (sulfide) groups is 1. The third kappa shape index (κ3) is 4.36. The Bertz CT molecular complexity index is 1230. The Labute approximate surface area is 198 Å². The fourth-order valence-electron chi connectivity index (χ4n) is 3.38. The van der Waals surface area contributed by atoms with E-state index >= 15 is 0 Å². The van der Waals surface area contributed by atoms with Crippen LogP contribution in [0.3, 0.4) is 0 Å². The molecule has 1 aliphatic rings. The van der Waals surface area contributed by atoms with E-state index in [1.807, 2.05) is 18.2 Å². The van der Waals surface area contributed by atoms with Gasteiger partial charge in [0.25, 0.3) is 5.91 Å². The molecule has 30 heavy (non-hydrogen) atoms. The molecule has 2 heterocycles. The first-order valence-corrected chi connectivity index (χ1v) is 11.6. The topological polar surface area (TPSA) is 46.4 Å². The fraction of sp³-hybridized carbons (Fsp3) is 0.130. The van der Waals surface area contributed by atoms with E-state index in [1.165, 1.54) is 20.9 Å². The quantitative estimate of drug-likeness (QED) is 0.298. The van der Waals surface area contributed by atoms with Gasteiger partial charge in [-0.15, -0.1) is 0 Å². The molecular formula is C23H19ClIN3OS. The Morgan fingerprint density at radius 3 is 2.67 bits per heavy atom. The van der Waals surface area contributed by atoms with Crippen molar-refractivity contribution in [1.82, 2.24) is 9.88 Å². The number of nitrogens with zero attached hydrogens (tertiary/aromatic N) is 2. The number of aliphatic imine (C=N–C) groups is 1. The van der Waals surface area contributed by atoms with E-state index in [4.69, 9.17) is 11.6 Å². The van der Waals surface area contributed by atoms with E-state index in [1.54, 1.807) is 12.1 Å². The van der Waals surface area contributed by atoms with E-state index in [0.29, 0.717) is 20.8 Å². The lowest BCUT2D eigenvalue weighted by molar-refractivity contribution is -0.115. The van der Waals surface area contributed by atoms with Gasteiger partial charge in [-0.3, -0.25) is 4.79 Å². The zero-order valence-corrected chi connectivity index (χ0v) is 20.4. The molecule has 1 amide bonds. The average Bonchev–Trinajstić information content (AvgIpc) is 3.16. The van der Waals surface area contributed by atoms with Gasteiger partial charge in [0, 0.05) is 25.7 Å². The molecule has 0 spiro atoms. The van der Waals surface area contributed by atoms with Crippen molar-refractivity contribution in [2.24, 2.45) is 4.99 Å². The SMILES string of the molecule is Cc1cc(-n2c(C)cc(/C=C3\SC(=Nc4cccc(Cl)c4)NC3=O)c2C)ccc1I. The van der Waals surface area contributed by atoms with Crippen LogP contribution in [0.25, 0.3) is 11.8 Å². The maximum atomic E-state index is 12.5. The van der Waals surface area contributed by atoms with Crippen molar-refractivity contribution in [2.75, 3.05) is 0 Å². The van der Waals surface area contributed by atoms with Gasteiger partial charge >= 0.3 is 0 Å². The molecule has 1 N–H and O–H groups in total. The van der Waals surface area contributed by atoms with Crippen LogP contribution in [0.1, 0.15) is 22.5 Å². The number of amides is 1. The van der Waals surface area contributed by atoms with Crippen LogP contribution in [0, 0.1) is 24.3 Å². The molecule has 3 aromatic rings. The number of aromatic nitrogens is 1. The molecule has 0 aliphatic carbocycles. The van der Waals surface area contributed by atoms with E-state index in [-0.39, 0.29) is 5.91 Å². The number of hydrogen-bond donors (Lipinski definition) is 1. The molecule has 4 nitrogen and oxygen atoms in total. The highest BCUT2D eigenvalue weighted by atomic mass is 127. The Morgan fingerprint density at radius 2 is 1.93 bits per heavy atom. The van der Waals surface area contributed by atoms with Crippen molar-refractivity contribution >= 4 is 68.8 Å². The number of aryl methyl sites for hydroxylation is 2. The second-order valence-electron chi connectivity index (χ2n) is 7.06. The van der Waals surface area contributed by atoms with Crippen molar-refractivity contribution in [3.8, 4) is 5.69 Å². The summed E-state index contributed by atoms with van der Waals surface area (Å²) in [7, 11) is 0. The highest BCUT2D eigenvalue weighted by Gasteiger charge is 2.24. The standard InChI is InChI=1S/C23H19ClIN3OS/c1-13-9-19(7-8-20(13)25)28-14(2)10-16(15(28)3)11-21-22(29)27-23(30-21)26-18-6-4-5-17(24)12-18/h4-12H,1-3H3,(H,26,27,29)/b21-11-. The van der Waals surface area contributed by atoms with E-state index in [2.05, 4.69) is 82.5 Å². The first-order valence-electron chi connectivity index (χ1n) is 9.32. The monoisotopic (exact) mass is 547 g/mol. The van der Waals surface area contributed by atoms with Crippen LogP contribution in [-0.2, 0) is 4.79 Å². The van der Waals surface area contributed by atoms with Gasteiger partial charge in [-0.25, -0.2) is 4.99 Å². The number of carbonyl (C=O) groups excluding carboxylic acids is 1. The Hall–Kier alpha value is -2.03. The minimum Gasteiger partial charge on any atom is -0.318 e. The molecule has 152 valence electrons. The van der Waals surface area contributed by atoms with Gasteiger partial charge in [0.2, 0.25) is 0 Å². The molecule has 1 aromatic heterocycles.